The molecule has 0 saturated carbocycles. The summed E-state index contributed by atoms with van der Waals surface area (Å²) in [5.74, 6) is -0.889. The number of aliphatic hydroxyl groups is 1. The average Bonchev–Trinajstić information content (AvgIpc) is 2.43. The van der Waals surface area contributed by atoms with Gasteiger partial charge in [-0.15, -0.1) is 0 Å². The van der Waals surface area contributed by atoms with Crippen LogP contribution in [0.3, 0.4) is 0 Å². The number of hydrogen-bond donors (Lipinski definition) is 2. The summed E-state index contributed by atoms with van der Waals surface area (Å²) in [4.78, 5) is 11.5. The van der Waals surface area contributed by atoms with Crippen LogP contribution >= 0.6 is 11.6 Å². The van der Waals surface area contributed by atoms with Gasteiger partial charge in [-0.2, -0.15) is 0 Å². The molecule has 102 valence electrons. The van der Waals surface area contributed by atoms with Gasteiger partial charge in [0.25, 0.3) is 0 Å². The van der Waals surface area contributed by atoms with E-state index in [0.717, 1.165) is 0 Å². The molecule has 1 aromatic rings. The minimum absolute atomic E-state index is 0.137. The molecule has 3 N–H and O–H groups in total. The molecule has 1 rings (SSSR count). The average molecular weight is 284 g/mol. The molecule has 0 radical (unpaired) electrons. The van der Waals surface area contributed by atoms with E-state index in [1.807, 2.05) is 0 Å². The van der Waals surface area contributed by atoms with Crippen molar-refractivity contribution in [1.29, 1.82) is 0 Å². The predicted octanol–water partition coefficient (Wildman–Crippen LogP) is 1.66. The van der Waals surface area contributed by atoms with Crippen LogP contribution in [0.25, 0.3) is 5.76 Å². The largest absolute Gasteiger partial charge is 0.463 e. The molecule has 0 bridgehead atoms. The van der Waals surface area contributed by atoms with Crippen LogP contribution in [0.15, 0.2) is 42.3 Å². The summed E-state index contributed by atoms with van der Waals surface area (Å²) in [6.07, 6.45) is 0. The molecule has 0 heterocycles. The Bertz CT molecular complexity index is 508. The highest BCUT2D eigenvalue weighted by Gasteiger charge is 2.18. The minimum Gasteiger partial charge on any atom is -0.463 e. The number of ether oxygens (including phenoxy) is 2. The zero-order chi connectivity index (χ0) is 14.4. The highest BCUT2D eigenvalue weighted by Crippen LogP contribution is 2.21. The first-order valence-electron chi connectivity index (χ1n) is 5.30. The van der Waals surface area contributed by atoms with E-state index in [4.69, 9.17) is 27.2 Å². The molecule has 0 aromatic heterocycles. The lowest BCUT2D eigenvalue weighted by atomic mass is 10.2. The molecule has 0 fully saturated rings. The van der Waals surface area contributed by atoms with Crippen LogP contribution in [-0.4, -0.2) is 24.8 Å². The van der Waals surface area contributed by atoms with Gasteiger partial charge >= 0.3 is 5.97 Å². The molecular weight excluding hydrogens is 270 g/mol. The lowest BCUT2D eigenvalue weighted by Crippen LogP contribution is -2.17. The second kappa shape index (κ2) is 6.82. The Kier molecular flexibility index (Phi) is 5.41. The van der Waals surface area contributed by atoms with Crippen molar-refractivity contribution >= 4 is 23.3 Å². The normalized spacial score (nSPS) is 11.5. The van der Waals surface area contributed by atoms with Crippen LogP contribution in [0, 0.1) is 0 Å². The van der Waals surface area contributed by atoms with E-state index in [0.29, 0.717) is 10.6 Å². The molecule has 19 heavy (non-hydrogen) atoms. The maximum Gasteiger partial charge on any atom is 0.375 e. The van der Waals surface area contributed by atoms with Crippen LogP contribution < -0.4 is 5.73 Å². The van der Waals surface area contributed by atoms with Gasteiger partial charge in [-0.05, 0) is 24.3 Å². The number of nitrogens with two attached hydrogens (primary N) is 1. The zero-order valence-corrected chi connectivity index (χ0v) is 11.1. The fourth-order valence-corrected chi connectivity index (χ4v) is 1.35. The van der Waals surface area contributed by atoms with Crippen LogP contribution in [-0.2, 0) is 14.3 Å². The lowest BCUT2D eigenvalue weighted by Gasteiger charge is -2.12. The molecule has 5 nitrogen and oxygen atoms in total. The summed E-state index contributed by atoms with van der Waals surface area (Å²) < 4.78 is 9.78. The minimum atomic E-state index is -0.790. The third-order valence-electron chi connectivity index (χ3n) is 2.22. The molecule has 0 amide bonds. The van der Waals surface area contributed by atoms with E-state index in [-0.39, 0.29) is 17.2 Å². The first-order chi connectivity index (χ1) is 8.99. The highest BCUT2D eigenvalue weighted by atomic mass is 35.5. The van der Waals surface area contributed by atoms with E-state index < -0.39 is 12.6 Å². The summed E-state index contributed by atoms with van der Waals surface area (Å²) in [6.45, 7) is 3.15. The third-order valence-corrected chi connectivity index (χ3v) is 2.48. The molecule has 0 aliphatic carbocycles. The number of carbonyl (C=O) groups is 1. The van der Waals surface area contributed by atoms with Gasteiger partial charge in [0.2, 0.25) is 5.76 Å². The Morgan fingerprint density at radius 3 is 2.47 bits per heavy atom. The van der Waals surface area contributed by atoms with Crippen molar-refractivity contribution in [2.24, 2.45) is 5.73 Å². The van der Waals surface area contributed by atoms with E-state index >= 15 is 0 Å². The van der Waals surface area contributed by atoms with E-state index in [1.54, 1.807) is 24.3 Å². The highest BCUT2D eigenvalue weighted by molar-refractivity contribution is 6.30. The third kappa shape index (κ3) is 4.01. The van der Waals surface area contributed by atoms with Crippen molar-refractivity contribution in [2.75, 3.05) is 13.7 Å². The van der Waals surface area contributed by atoms with E-state index in [1.165, 1.54) is 7.11 Å². The van der Waals surface area contributed by atoms with Gasteiger partial charge in [0.1, 0.15) is 5.76 Å². The van der Waals surface area contributed by atoms with Crippen molar-refractivity contribution in [1.82, 2.24) is 0 Å². The number of esters is 1. The quantitative estimate of drug-likeness (QED) is 0.488. The van der Waals surface area contributed by atoms with Gasteiger partial charge in [0.05, 0.1) is 19.4 Å². The summed E-state index contributed by atoms with van der Waals surface area (Å²) in [6, 6.07) is 6.66. The zero-order valence-electron chi connectivity index (χ0n) is 10.4. The number of halogens is 1. The molecule has 0 unspecified atom stereocenters. The van der Waals surface area contributed by atoms with Gasteiger partial charge in [0, 0.05) is 10.6 Å². The number of benzene rings is 1. The van der Waals surface area contributed by atoms with Crippen molar-refractivity contribution in [2.45, 2.75) is 0 Å². The van der Waals surface area contributed by atoms with Crippen molar-refractivity contribution < 1.29 is 19.4 Å². The van der Waals surface area contributed by atoms with E-state index in [2.05, 4.69) is 11.3 Å². The topological polar surface area (TPSA) is 81.8 Å². The Balaban J connectivity index is 2.95. The van der Waals surface area contributed by atoms with Crippen molar-refractivity contribution in [3.05, 3.63) is 52.9 Å². The summed E-state index contributed by atoms with van der Waals surface area (Å²) in [5.41, 5.74) is 5.97. The standard InChI is InChI=1S/C13H14ClNO4/c1-8(9-3-5-10(14)6-4-9)19-12(11(15)7-16)13(17)18-2/h3-6,16H,1,7,15H2,2H3/b12-11-. The molecule has 1 aromatic carbocycles. The van der Waals surface area contributed by atoms with Gasteiger partial charge < -0.3 is 20.3 Å². The van der Waals surface area contributed by atoms with Gasteiger partial charge in [-0.3, -0.25) is 0 Å². The van der Waals surface area contributed by atoms with Gasteiger partial charge in [-0.25, -0.2) is 4.79 Å². The maximum absolute atomic E-state index is 11.5. The predicted molar refractivity (Wildman–Crippen MR) is 71.9 cm³/mol. The van der Waals surface area contributed by atoms with Crippen LogP contribution in [0.5, 0.6) is 0 Å². The Hall–Kier alpha value is -1.98. The first kappa shape index (κ1) is 15.1. The molecule has 0 aliphatic rings. The number of aliphatic hydroxyl groups excluding tert-OH is 1. The first-order valence-corrected chi connectivity index (χ1v) is 5.68. The number of carbonyl (C=O) groups excluding carboxylic acids is 1. The number of hydrogen-bond acceptors (Lipinski definition) is 5. The van der Waals surface area contributed by atoms with Gasteiger partial charge in [-0.1, -0.05) is 18.2 Å². The molecular formula is C13H14ClNO4. The lowest BCUT2D eigenvalue weighted by molar-refractivity contribution is -0.139. The number of rotatable bonds is 5. The monoisotopic (exact) mass is 283 g/mol. The molecule has 0 spiro atoms. The smallest absolute Gasteiger partial charge is 0.375 e. The van der Waals surface area contributed by atoms with Crippen molar-refractivity contribution in [3.8, 4) is 0 Å². The van der Waals surface area contributed by atoms with Crippen LogP contribution in [0.1, 0.15) is 5.56 Å². The Labute approximate surface area is 115 Å². The second-order valence-electron chi connectivity index (χ2n) is 3.54. The molecule has 6 heteroatoms. The summed E-state index contributed by atoms with van der Waals surface area (Å²) >= 11 is 5.76. The van der Waals surface area contributed by atoms with Crippen LogP contribution in [0.4, 0.5) is 0 Å². The van der Waals surface area contributed by atoms with E-state index in [9.17, 15) is 4.79 Å². The molecule has 0 aliphatic heterocycles. The fourth-order valence-electron chi connectivity index (χ4n) is 1.22. The SMILES string of the molecule is C=C(O/C(C(=O)OC)=C(\N)CO)c1ccc(Cl)cc1. The molecule has 0 atom stereocenters. The Morgan fingerprint density at radius 1 is 1.42 bits per heavy atom. The summed E-state index contributed by atoms with van der Waals surface area (Å²) in [5, 5.41) is 9.52. The van der Waals surface area contributed by atoms with Crippen molar-refractivity contribution in [3.63, 3.8) is 0 Å². The fraction of sp³-hybridized carbons (Fsp3) is 0.154. The summed E-state index contributed by atoms with van der Waals surface area (Å²) in [7, 11) is 1.18. The van der Waals surface area contributed by atoms with Gasteiger partial charge in [0.15, 0.2) is 0 Å². The van der Waals surface area contributed by atoms with Crippen LogP contribution in [0.2, 0.25) is 5.02 Å². The number of methoxy groups -OCH3 is 1. The maximum atomic E-state index is 11.5. The second-order valence-corrected chi connectivity index (χ2v) is 3.97. The Morgan fingerprint density at radius 2 is 2.00 bits per heavy atom. The molecule has 0 saturated heterocycles.